The van der Waals surface area contributed by atoms with E-state index in [9.17, 15) is 5.11 Å². The molecule has 0 aliphatic heterocycles. The van der Waals surface area contributed by atoms with E-state index in [2.05, 4.69) is 56.9 Å². The number of aromatic nitrogens is 3. The third-order valence-electron chi connectivity index (χ3n) is 4.68. The number of pyridine rings is 1. The van der Waals surface area contributed by atoms with Crippen LogP contribution in [-0.2, 0) is 0 Å². The zero-order valence-electron chi connectivity index (χ0n) is 15.6. The molecule has 0 aliphatic rings. The predicted molar refractivity (Wildman–Crippen MR) is 97.1 cm³/mol. The van der Waals surface area contributed by atoms with Crippen molar-refractivity contribution in [3.63, 3.8) is 0 Å². The molecule has 0 saturated heterocycles. The molecular formula is C19H30N4O. The van der Waals surface area contributed by atoms with Gasteiger partial charge in [-0.25, -0.2) is 9.67 Å². The van der Waals surface area contributed by atoms with E-state index in [1.54, 1.807) is 6.20 Å². The van der Waals surface area contributed by atoms with Crippen LogP contribution in [0, 0.1) is 18.3 Å². The van der Waals surface area contributed by atoms with Gasteiger partial charge in [-0.1, -0.05) is 33.8 Å². The molecule has 0 aliphatic carbocycles. The summed E-state index contributed by atoms with van der Waals surface area (Å²) in [5.74, 6) is 1.06. The molecule has 0 saturated carbocycles. The molecule has 0 bridgehead atoms. The Morgan fingerprint density at radius 2 is 1.96 bits per heavy atom. The molecule has 132 valence electrons. The first kappa shape index (κ1) is 18.6. The van der Waals surface area contributed by atoms with Crippen LogP contribution in [0.25, 0.3) is 5.82 Å². The standard InChI is InChI=1S/C19H30N4O/c1-13(2)18(24)19(5,6)12-21-14(3)16-11-22-23(15(16)4)17-9-7-8-10-20-17/h7-11,13-14,18,21,24H,12H2,1-6H3. The summed E-state index contributed by atoms with van der Waals surface area (Å²) in [5, 5.41) is 18.4. The number of hydrogen-bond acceptors (Lipinski definition) is 4. The van der Waals surface area contributed by atoms with Crippen LogP contribution in [0.15, 0.2) is 30.6 Å². The average Bonchev–Trinajstić information content (AvgIpc) is 2.94. The third-order valence-corrected chi connectivity index (χ3v) is 4.68. The second kappa shape index (κ2) is 7.45. The van der Waals surface area contributed by atoms with Gasteiger partial charge in [0.25, 0.3) is 0 Å². The van der Waals surface area contributed by atoms with Gasteiger partial charge in [-0.2, -0.15) is 5.10 Å². The second-order valence-electron chi connectivity index (χ2n) is 7.57. The molecule has 0 spiro atoms. The van der Waals surface area contributed by atoms with Crippen molar-refractivity contribution >= 4 is 0 Å². The van der Waals surface area contributed by atoms with Gasteiger partial charge in [0.05, 0.1) is 12.3 Å². The lowest BCUT2D eigenvalue weighted by atomic mass is 9.80. The van der Waals surface area contributed by atoms with E-state index < -0.39 is 0 Å². The van der Waals surface area contributed by atoms with Crippen molar-refractivity contribution in [1.29, 1.82) is 0 Å². The summed E-state index contributed by atoms with van der Waals surface area (Å²) < 4.78 is 1.86. The number of rotatable bonds is 7. The van der Waals surface area contributed by atoms with Crippen LogP contribution < -0.4 is 5.32 Å². The van der Waals surface area contributed by atoms with E-state index in [4.69, 9.17) is 0 Å². The minimum atomic E-state index is -0.338. The normalized spacial score (nSPS) is 14.8. The zero-order valence-corrected chi connectivity index (χ0v) is 15.6. The van der Waals surface area contributed by atoms with Crippen LogP contribution in [0.3, 0.4) is 0 Å². The molecule has 2 unspecified atom stereocenters. The minimum Gasteiger partial charge on any atom is -0.392 e. The van der Waals surface area contributed by atoms with Crippen molar-refractivity contribution in [2.45, 2.75) is 53.7 Å². The maximum atomic E-state index is 10.4. The molecule has 0 radical (unpaired) electrons. The van der Waals surface area contributed by atoms with Gasteiger partial charge in [-0.15, -0.1) is 0 Å². The summed E-state index contributed by atoms with van der Waals surface area (Å²) in [6.45, 7) is 13.2. The van der Waals surface area contributed by atoms with Gasteiger partial charge in [0, 0.05) is 35.5 Å². The van der Waals surface area contributed by atoms with E-state index in [1.165, 1.54) is 0 Å². The van der Waals surface area contributed by atoms with Crippen LogP contribution in [0.2, 0.25) is 0 Å². The first-order valence-corrected chi connectivity index (χ1v) is 8.61. The fourth-order valence-electron chi connectivity index (χ4n) is 3.09. The lowest BCUT2D eigenvalue weighted by Crippen LogP contribution is -2.42. The van der Waals surface area contributed by atoms with Gasteiger partial charge in [0.1, 0.15) is 0 Å². The minimum absolute atomic E-state index is 0.154. The van der Waals surface area contributed by atoms with Crippen LogP contribution in [0.1, 0.15) is 51.9 Å². The fourth-order valence-corrected chi connectivity index (χ4v) is 3.09. The Morgan fingerprint density at radius 1 is 1.25 bits per heavy atom. The molecule has 5 heteroatoms. The molecule has 5 nitrogen and oxygen atoms in total. The van der Waals surface area contributed by atoms with Crippen LogP contribution in [0.4, 0.5) is 0 Å². The highest BCUT2D eigenvalue weighted by Crippen LogP contribution is 2.27. The Kier molecular flexibility index (Phi) is 5.78. The van der Waals surface area contributed by atoms with Gasteiger partial charge in [-0.05, 0) is 31.9 Å². The largest absolute Gasteiger partial charge is 0.392 e. The second-order valence-corrected chi connectivity index (χ2v) is 7.57. The van der Waals surface area contributed by atoms with Crippen molar-refractivity contribution in [1.82, 2.24) is 20.1 Å². The topological polar surface area (TPSA) is 63.0 Å². The monoisotopic (exact) mass is 330 g/mol. The van der Waals surface area contributed by atoms with Gasteiger partial charge < -0.3 is 10.4 Å². The van der Waals surface area contributed by atoms with E-state index in [1.807, 2.05) is 29.1 Å². The van der Waals surface area contributed by atoms with E-state index in [0.29, 0.717) is 0 Å². The molecule has 2 N–H and O–H groups in total. The summed E-state index contributed by atoms with van der Waals surface area (Å²) >= 11 is 0. The SMILES string of the molecule is Cc1c(C(C)NCC(C)(C)C(O)C(C)C)cnn1-c1ccccn1. The number of nitrogens with zero attached hydrogens (tertiary/aromatic N) is 3. The Labute approximate surface area is 145 Å². The molecule has 0 amide bonds. The van der Waals surface area contributed by atoms with Crippen LogP contribution in [0.5, 0.6) is 0 Å². The van der Waals surface area contributed by atoms with Gasteiger partial charge in [0.15, 0.2) is 5.82 Å². The summed E-state index contributed by atoms with van der Waals surface area (Å²) in [7, 11) is 0. The first-order valence-electron chi connectivity index (χ1n) is 8.61. The molecule has 2 aromatic rings. The Bertz CT molecular complexity index is 649. The smallest absolute Gasteiger partial charge is 0.153 e. The third kappa shape index (κ3) is 4.02. The van der Waals surface area contributed by atoms with Crippen molar-refractivity contribution in [2.75, 3.05) is 6.54 Å². The maximum Gasteiger partial charge on any atom is 0.153 e. The van der Waals surface area contributed by atoms with Crippen LogP contribution in [-0.4, -0.2) is 32.5 Å². The summed E-state index contributed by atoms with van der Waals surface area (Å²) in [5.41, 5.74) is 2.04. The molecule has 2 aromatic heterocycles. The molecule has 0 aromatic carbocycles. The Morgan fingerprint density at radius 3 is 2.54 bits per heavy atom. The highest BCUT2D eigenvalue weighted by atomic mass is 16.3. The van der Waals surface area contributed by atoms with Crippen LogP contribution >= 0.6 is 0 Å². The van der Waals surface area contributed by atoms with E-state index in [-0.39, 0.29) is 23.5 Å². The number of nitrogens with one attached hydrogen (secondary N) is 1. The average molecular weight is 330 g/mol. The molecule has 2 atom stereocenters. The number of aliphatic hydroxyl groups is 1. The fraction of sp³-hybridized carbons (Fsp3) is 0.579. The molecule has 24 heavy (non-hydrogen) atoms. The van der Waals surface area contributed by atoms with Crippen molar-refractivity contribution in [3.05, 3.63) is 41.9 Å². The lowest BCUT2D eigenvalue weighted by Gasteiger charge is -2.34. The van der Waals surface area contributed by atoms with Crippen molar-refractivity contribution < 1.29 is 5.11 Å². The summed E-state index contributed by atoms with van der Waals surface area (Å²) in [4.78, 5) is 4.36. The molecule has 0 fully saturated rings. The zero-order chi connectivity index (χ0) is 17.9. The predicted octanol–water partition coefficient (Wildman–Crippen LogP) is 3.27. The van der Waals surface area contributed by atoms with Gasteiger partial charge in [0.2, 0.25) is 0 Å². The highest BCUT2D eigenvalue weighted by molar-refractivity contribution is 5.29. The Balaban J connectivity index is 2.09. The van der Waals surface area contributed by atoms with Gasteiger partial charge in [-0.3, -0.25) is 0 Å². The van der Waals surface area contributed by atoms with Gasteiger partial charge >= 0.3 is 0 Å². The van der Waals surface area contributed by atoms with E-state index >= 15 is 0 Å². The number of hydrogen-bond donors (Lipinski definition) is 2. The number of aliphatic hydroxyl groups excluding tert-OH is 1. The Hall–Kier alpha value is -1.72. The van der Waals surface area contributed by atoms with Crippen molar-refractivity contribution in [3.8, 4) is 5.82 Å². The molecular weight excluding hydrogens is 300 g/mol. The summed E-state index contributed by atoms with van der Waals surface area (Å²) in [6, 6.07) is 5.96. The highest BCUT2D eigenvalue weighted by Gasteiger charge is 2.30. The quantitative estimate of drug-likeness (QED) is 0.818. The maximum absolute atomic E-state index is 10.4. The summed E-state index contributed by atoms with van der Waals surface area (Å²) in [6.07, 6.45) is 3.33. The molecule has 2 rings (SSSR count). The van der Waals surface area contributed by atoms with Crippen molar-refractivity contribution in [2.24, 2.45) is 11.3 Å². The first-order chi connectivity index (χ1) is 11.2. The molecule has 2 heterocycles. The van der Waals surface area contributed by atoms with E-state index in [0.717, 1.165) is 23.6 Å². The lowest BCUT2D eigenvalue weighted by molar-refractivity contribution is 0.0123.